The number of benzene rings is 1. The third kappa shape index (κ3) is 3.39. The minimum absolute atomic E-state index is 0.164. The molecule has 0 spiro atoms. The van der Waals surface area contributed by atoms with Crippen molar-refractivity contribution in [2.24, 2.45) is 0 Å². The molecule has 0 bridgehead atoms. The summed E-state index contributed by atoms with van der Waals surface area (Å²) in [5.74, 6) is 0. The van der Waals surface area contributed by atoms with Gasteiger partial charge in [-0.2, -0.15) is 0 Å². The van der Waals surface area contributed by atoms with Crippen LogP contribution in [0.4, 0.5) is 0 Å². The van der Waals surface area contributed by atoms with Crippen molar-refractivity contribution in [3.8, 4) is 0 Å². The van der Waals surface area contributed by atoms with Gasteiger partial charge in [0.05, 0.1) is 16.1 Å². The average molecular weight is 288 g/mol. The van der Waals surface area contributed by atoms with Crippen LogP contribution in [0.15, 0.2) is 18.2 Å². The van der Waals surface area contributed by atoms with Gasteiger partial charge < -0.3 is 10.4 Å². The molecule has 1 aromatic carbocycles. The highest BCUT2D eigenvalue weighted by molar-refractivity contribution is 6.42. The monoisotopic (exact) mass is 287 g/mol. The number of halogens is 2. The highest BCUT2D eigenvalue weighted by Gasteiger charge is 2.24. The second-order valence-corrected chi connectivity index (χ2v) is 5.83. The number of aliphatic hydroxyl groups excluding tert-OH is 1. The zero-order valence-corrected chi connectivity index (χ0v) is 12.0. The normalized spacial score (nSPS) is 26.0. The second kappa shape index (κ2) is 6.25. The molecule has 0 aromatic heterocycles. The summed E-state index contributed by atoms with van der Waals surface area (Å²) in [5, 5.41) is 14.6. The standard InChI is InChI=1S/C14H19Cl2NO/c1-9(10-6-7-11(15)12(16)8-10)17-13-4-2-3-5-14(13)18/h6-9,13-14,17-18H,2-5H2,1H3. The maximum atomic E-state index is 9.95. The van der Waals surface area contributed by atoms with Crippen LogP contribution in [0.25, 0.3) is 0 Å². The van der Waals surface area contributed by atoms with Gasteiger partial charge in [-0.05, 0) is 37.5 Å². The lowest BCUT2D eigenvalue weighted by atomic mass is 9.91. The van der Waals surface area contributed by atoms with E-state index in [1.807, 2.05) is 18.2 Å². The van der Waals surface area contributed by atoms with E-state index >= 15 is 0 Å². The molecule has 2 rings (SSSR count). The van der Waals surface area contributed by atoms with Gasteiger partial charge >= 0.3 is 0 Å². The van der Waals surface area contributed by atoms with Crippen LogP contribution in [-0.2, 0) is 0 Å². The topological polar surface area (TPSA) is 32.3 Å². The van der Waals surface area contributed by atoms with Crippen molar-refractivity contribution in [1.29, 1.82) is 0 Å². The van der Waals surface area contributed by atoms with Crippen molar-refractivity contribution in [3.63, 3.8) is 0 Å². The molecule has 2 nitrogen and oxygen atoms in total. The lowest BCUT2D eigenvalue weighted by Crippen LogP contribution is -2.43. The molecule has 1 aliphatic carbocycles. The first-order valence-electron chi connectivity index (χ1n) is 6.47. The van der Waals surface area contributed by atoms with Crippen LogP contribution in [0.5, 0.6) is 0 Å². The zero-order valence-electron chi connectivity index (χ0n) is 10.5. The predicted molar refractivity (Wildman–Crippen MR) is 76.3 cm³/mol. The van der Waals surface area contributed by atoms with Gasteiger partial charge in [0, 0.05) is 12.1 Å². The van der Waals surface area contributed by atoms with Crippen LogP contribution in [0.3, 0.4) is 0 Å². The first-order valence-corrected chi connectivity index (χ1v) is 7.22. The van der Waals surface area contributed by atoms with E-state index in [2.05, 4.69) is 12.2 Å². The van der Waals surface area contributed by atoms with Gasteiger partial charge in [-0.15, -0.1) is 0 Å². The lowest BCUT2D eigenvalue weighted by molar-refractivity contribution is 0.0860. The fourth-order valence-corrected chi connectivity index (χ4v) is 2.81. The van der Waals surface area contributed by atoms with Crippen LogP contribution >= 0.6 is 23.2 Å². The molecule has 3 unspecified atom stereocenters. The number of rotatable bonds is 3. The molecule has 3 atom stereocenters. The van der Waals surface area contributed by atoms with E-state index in [9.17, 15) is 5.11 Å². The second-order valence-electron chi connectivity index (χ2n) is 5.02. The summed E-state index contributed by atoms with van der Waals surface area (Å²) in [6, 6.07) is 6.02. The first kappa shape index (κ1) is 14.1. The molecule has 100 valence electrons. The van der Waals surface area contributed by atoms with Crippen LogP contribution in [-0.4, -0.2) is 17.3 Å². The van der Waals surface area contributed by atoms with Gasteiger partial charge in [-0.1, -0.05) is 42.1 Å². The van der Waals surface area contributed by atoms with Gasteiger partial charge in [0.15, 0.2) is 0 Å². The van der Waals surface area contributed by atoms with Crippen molar-refractivity contribution in [1.82, 2.24) is 5.32 Å². The van der Waals surface area contributed by atoms with E-state index in [-0.39, 0.29) is 18.2 Å². The Morgan fingerprint density at radius 3 is 2.61 bits per heavy atom. The molecule has 4 heteroatoms. The number of aliphatic hydroxyl groups is 1. The Hall–Kier alpha value is -0.280. The van der Waals surface area contributed by atoms with Crippen molar-refractivity contribution in [2.45, 2.75) is 50.8 Å². The molecule has 0 radical (unpaired) electrons. The summed E-state index contributed by atoms with van der Waals surface area (Å²) in [6.45, 7) is 2.08. The van der Waals surface area contributed by atoms with Crippen LogP contribution in [0.1, 0.15) is 44.2 Å². The molecule has 1 aliphatic rings. The Bertz CT molecular complexity index is 411. The molecule has 0 amide bonds. The average Bonchev–Trinajstić information content (AvgIpc) is 2.35. The molecule has 0 aliphatic heterocycles. The highest BCUT2D eigenvalue weighted by atomic mass is 35.5. The van der Waals surface area contributed by atoms with Gasteiger partial charge in [-0.3, -0.25) is 0 Å². The van der Waals surface area contributed by atoms with Crippen molar-refractivity contribution in [2.75, 3.05) is 0 Å². The fraction of sp³-hybridized carbons (Fsp3) is 0.571. The van der Waals surface area contributed by atoms with Crippen LogP contribution < -0.4 is 5.32 Å². The third-order valence-corrected chi connectivity index (χ3v) is 4.38. The number of nitrogens with one attached hydrogen (secondary N) is 1. The maximum Gasteiger partial charge on any atom is 0.0693 e. The molecule has 1 aromatic rings. The summed E-state index contributed by atoms with van der Waals surface area (Å²) in [7, 11) is 0. The van der Waals surface area contributed by atoms with E-state index in [0.29, 0.717) is 10.0 Å². The molecular weight excluding hydrogens is 269 g/mol. The number of hydrogen-bond donors (Lipinski definition) is 2. The predicted octanol–water partition coefficient (Wildman–Crippen LogP) is 3.95. The summed E-state index contributed by atoms with van der Waals surface area (Å²) in [6.07, 6.45) is 4.01. The molecule has 1 fully saturated rings. The summed E-state index contributed by atoms with van der Waals surface area (Å²) in [4.78, 5) is 0. The largest absolute Gasteiger partial charge is 0.392 e. The summed E-state index contributed by atoms with van der Waals surface area (Å²) >= 11 is 11.9. The van der Waals surface area contributed by atoms with E-state index < -0.39 is 0 Å². The first-order chi connectivity index (χ1) is 8.58. The molecule has 18 heavy (non-hydrogen) atoms. The van der Waals surface area contributed by atoms with Crippen molar-refractivity contribution < 1.29 is 5.11 Å². The molecule has 1 saturated carbocycles. The summed E-state index contributed by atoms with van der Waals surface area (Å²) in [5.41, 5.74) is 1.10. The summed E-state index contributed by atoms with van der Waals surface area (Å²) < 4.78 is 0. The fourth-order valence-electron chi connectivity index (χ4n) is 2.50. The van der Waals surface area contributed by atoms with E-state index in [1.165, 1.54) is 6.42 Å². The molecular formula is C14H19Cl2NO. The SMILES string of the molecule is CC(NC1CCCCC1O)c1ccc(Cl)c(Cl)c1. The highest BCUT2D eigenvalue weighted by Crippen LogP contribution is 2.27. The molecule has 2 N–H and O–H groups in total. The van der Waals surface area contributed by atoms with E-state index in [4.69, 9.17) is 23.2 Å². The molecule has 0 heterocycles. The van der Waals surface area contributed by atoms with Gasteiger partial charge in [0.1, 0.15) is 0 Å². The molecule has 0 saturated heterocycles. The van der Waals surface area contributed by atoms with Gasteiger partial charge in [0.2, 0.25) is 0 Å². The third-order valence-electron chi connectivity index (χ3n) is 3.64. The number of hydrogen-bond acceptors (Lipinski definition) is 2. The maximum absolute atomic E-state index is 9.95. The minimum Gasteiger partial charge on any atom is -0.392 e. The van der Waals surface area contributed by atoms with E-state index in [1.54, 1.807) is 0 Å². The Labute approximate surface area is 118 Å². The van der Waals surface area contributed by atoms with Crippen LogP contribution in [0.2, 0.25) is 10.0 Å². The Kier molecular flexibility index (Phi) is 4.91. The van der Waals surface area contributed by atoms with Gasteiger partial charge in [0.25, 0.3) is 0 Å². The Balaban J connectivity index is 2.02. The minimum atomic E-state index is -0.232. The van der Waals surface area contributed by atoms with Crippen molar-refractivity contribution >= 4 is 23.2 Å². The Morgan fingerprint density at radius 1 is 1.22 bits per heavy atom. The Morgan fingerprint density at radius 2 is 1.94 bits per heavy atom. The quantitative estimate of drug-likeness (QED) is 0.882. The zero-order chi connectivity index (χ0) is 13.1. The van der Waals surface area contributed by atoms with Crippen LogP contribution in [0, 0.1) is 0 Å². The van der Waals surface area contributed by atoms with Gasteiger partial charge in [-0.25, -0.2) is 0 Å². The lowest BCUT2D eigenvalue weighted by Gasteiger charge is -2.31. The van der Waals surface area contributed by atoms with E-state index in [0.717, 1.165) is 24.8 Å². The smallest absolute Gasteiger partial charge is 0.0693 e. The van der Waals surface area contributed by atoms with Crippen molar-refractivity contribution in [3.05, 3.63) is 33.8 Å².